The zero-order valence-electron chi connectivity index (χ0n) is 23.1. The van der Waals surface area contributed by atoms with Gasteiger partial charge in [-0.3, -0.25) is 19.3 Å². The smallest absolute Gasteiger partial charge is 0.243 e. The van der Waals surface area contributed by atoms with Gasteiger partial charge in [-0.1, -0.05) is 6.07 Å². The first-order valence-corrected chi connectivity index (χ1v) is 14.4. The average molecular weight is 561 g/mol. The highest BCUT2D eigenvalue weighted by Crippen LogP contribution is 2.38. The van der Waals surface area contributed by atoms with Crippen molar-refractivity contribution >= 4 is 16.0 Å². The maximum absolute atomic E-state index is 13.8. The molecule has 0 bridgehead atoms. The Labute approximate surface area is 229 Å². The molecule has 3 heterocycles. The molecule has 3 atom stereocenters. The van der Waals surface area contributed by atoms with Gasteiger partial charge in [0.15, 0.2) is 0 Å². The van der Waals surface area contributed by atoms with Gasteiger partial charge in [0.25, 0.3) is 0 Å². The van der Waals surface area contributed by atoms with Crippen LogP contribution >= 0.6 is 0 Å². The molecule has 1 N–H and O–H groups in total. The molecule has 0 amide bonds. The SMILES string of the molecule is COc1cccc(OC)c1-n1c(NS(=O)(=O)C(C)C(OC(C)C)c2cnc(C)cn2)nnc1[C@@H]1CCCOC1. The summed E-state index contributed by atoms with van der Waals surface area (Å²) in [5.41, 5.74) is 1.62. The van der Waals surface area contributed by atoms with E-state index in [0.29, 0.717) is 47.6 Å². The molecule has 1 aliphatic rings. The van der Waals surface area contributed by atoms with Crippen LogP contribution in [0.15, 0.2) is 30.6 Å². The van der Waals surface area contributed by atoms with Gasteiger partial charge in [-0.05, 0) is 52.7 Å². The van der Waals surface area contributed by atoms with Crippen molar-refractivity contribution in [2.75, 3.05) is 32.2 Å². The van der Waals surface area contributed by atoms with Crippen LogP contribution in [0.2, 0.25) is 0 Å². The second-order valence-electron chi connectivity index (χ2n) is 9.68. The van der Waals surface area contributed by atoms with Crippen LogP contribution in [0, 0.1) is 6.92 Å². The van der Waals surface area contributed by atoms with Crippen molar-refractivity contribution in [1.29, 1.82) is 0 Å². The molecule has 0 spiro atoms. The molecule has 39 heavy (non-hydrogen) atoms. The highest BCUT2D eigenvalue weighted by molar-refractivity contribution is 7.93. The van der Waals surface area contributed by atoms with E-state index in [1.807, 2.05) is 20.8 Å². The number of nitrogens with one attached hydrogen (secondary N) is 1. The number of hydrogen-bond donors (Lipinski definition) is 1. The first-order valence-electron chi connectivity index (χ1n) is 12.9. The van der Waals surface area contributed by atoms with Crippen molar-refractivity contribution in [3.8, 4) is 17.2 Å². The number of ether oxygens (including phenoxy) is 4. The maximum Gasteiger partial charge on any atom is 0.243 e. The molecule has 2 aromatic heterocycles. The zero-order valence-corrected chi connectivity index (χ0v) is 23.9. The number of hydrogen-bond acceptors (Lipinski definition) is 10. The molecule has 1 aliphatic heterocycles. The van der Waals surface area contributed by atoms with Gasteiger partial charge in [0, 0.05) is 18.7 Å². The van der Waals surface area contributed by atoms with Crippen LogP contribution in [0.3, 0.4) is 0 Å². The van der Waals surface area contributed by atoms with Gasteiger partial charge in [0.2, 0.25) is 16.0 Å². The minimum Gasteiger partial charge on any atom is -0.494 e. The minimum atomic E-state index is -4.08. The Bertz CT molecular complexity index is 1330. The highest BCUT2D eigenvalue weighted by atomic mass is 32.2. The molecule has 3 aromatic rings. The largest absolute Gasteiger partial charge is 0.494 e. The van der Waals surface area contributed by atoms with Crippen LogP contribution < -0.4 is 14.2 Å². The Morgan fingerprint density at radius 1 is 1.08 bits per heavy atom. The standard InChI is InChI=1S/C26H36N6O6S/c1-16(2)38-24(20-14-27-17(3)13-28-20)18(4)39(33,34)31-26-30-29-25(19-9-8-12-37-15-19)32(26)23-21(35-5)10-7-11-22(23)36-6/h7,10-11,13-14,16,18-19,24H,8-9,12,15H2,1-6H3,(H,30,31)/t18?,19-,24?/m1/s1. The van der Waals surface area contributed by atoms with Gasteiger partial charge in [-0.2, -0.15) is 0 Å². The summed E-state index contributed by atoms with van der Waals surface area (Å²) in [5, 5.41) is 7.64. The minimum absolute atomic E-state index is 0.00325. The van der Waals surface area contributed by atoms with E-state index in [9.17, 15) is 8.42 Å². The first kappa shape index (κ1) is 28.7. The fourth-order valence-electron chi connectivity index (χ4n) is 4.49. The predicted molar refractivity (Wildman–Crippen MR) is 145 cm³/mol. The summed E-state index contributed by atoms with van der Waals surface area (Å²) < 4.78 is 55.0. The fraction of sp³-hybridized carbons (Fsp3) is 0.538. The van der Waals surface area contributed by atoms with Gasteiger partial charge in [0.1, 0.15) is 34.4 Å². The monoisotopic (exact) mass is 560 g/mol. The number of benzene rings is 1. The van der Waals surface area contributed by atoms with E-state index >= 15 is 0 Å². The molecule has 13 heteroatoms. The van der Waals surface area contributed by atoms with Crippen molar-refractivity contribution < 1.29 is 27.4 Å². The Balaban J connectivity index is 1.79. The maximum atomic E-state index is 13.8. The molecule has 2 unspecified atom stereocenters. The number of rotatable bonds is 11. The molecule has 0 aliphatic carbocycles. The number of anilines is 1. The van der Waals surface area contributed by atoms with E-state index in [-0.39, 0.29) is 18.0 Å². The van der Waals surface area contributed by atoms with E-state index in [2.05, 4.69) is 24.9 Å². The van der Waals surface area contributed by atoms with E-state index in [1.54, 1.807) is 35.9 Å². The number of aromatic nitrogens is 5. The number of aryl methyl sites for hydroxylation is 1. The van der Waals surface area contributed by atoms with Crippen molar-refractivity contribution in [1.82, 2.24) is 24.7 Å². The summed E-state index contributed by atoms with van der Waals surface area (Å²) in [5.74, 6) is 1.38. The third kappa shape index (κ3) is 6.31. The number of methoxy groups -OCH3 is 2. The lowest BCUT2D eigenvalue weighted by Gasteiger charge is -2.27. The van der Waals surface area contributed by atoms with Crippen molar-refractivity contribution in [2.45, 2.75) is 63.9 Å². The Hall–Kier alpha value is -3.29. The summed E-state index contributed by atoms with van der Waals surface area (Å²) in [6.07, 6.45) is 3.66. The predicted octanol–water partition coefficient (Wildman–Crippen LogP) is 3.57. The first-order chi connectivity index (χ1) is 18.7. The van der Waals surface area contributed by atoms with Crippen LogP contribution in [-0.2, 0) is 19.5 Å². The topological polar surface area (TPSA) is 140 Å². The third-order valence-electron chi connectivity index (χ3n) is 6.50. The average Bonchev–Trinajstić information content (AvgIpc) is 3.33. The number of nitrogens with zero attached hydrogens (tertiary/aromatic N) is 5. The van der Waals surface area contributed by atoms with Crippen LogP contribution in [0.1, 0.15) is 62.8 Å². The molecule has 12 nitrogen and oxygen atoms in total. The van der Waals surface area contributed by atoms with E-state index in [1.165, 1.54) is 20.4 Å². The lowest BCUT2D eigenvalue weighted by molar-refractivity contribution is 0.00394. The van der Waals surface area contributed by atoms with Gasteiger partial charge < -0.3 is 18.9 Å². The van der Waals surface area contributed by atoms with Crippen LogP contribution in [0.25, 0.3) is 5.69 Å². The quantitative estimate of drug-likeness (QED) is 0.370. The third-order valence-corrected chi connectivity index (χ3v) is 8.19. The van der Waals surface area contributed by atoms with Gasteiger partial charge in [-0.25, -0.2) is 8.42 Å². The molecule has 212 valence electrons. The Morgan fingerprint density at radius 2 is 1.79 bits per heavy atom. The normalized spacial score (nSPS) is 17.6. The Kier molecular flexibility index (Phi) is 9.03. The van der Waals surface area contributed by atoms with Crippen LogP contribution in [-0.4, -0.2) is 71.9 Å². The summed E-state index contributed by atoms with van der Waals surface area (Å²) in [6.45, 7) is 8.16. The van der Waals surface area contributed by atoms with Crippen LogP contribution in [0.4, 0.5) is 5.95 Å². The number of para-hydroxylation sites is 1. The second kappa shape index (κ2) is 12.3. The van der Waals surface area contributed by atoms with Gasteiger partial charge >= 0.3 is 0 Å². The molecule has 0 saturated carbocycles. The summed E-state index contributed by atoms with van der Waals surface area (Å²) >= 11 is 0. The Morgan fingerprint density at radius 3 is 2.36 bits per heavy atom. The van der Waals surface area contributed by atoms with Gasteiger partial charge in [0.05, 0.1) is 44.5 Å². The summed E-state index contributed by atoms with van der Waals surface area (Å²) in [7, 11) is -1.01. The second-order valence-corrected chi connectivity index (χ2v) is 11.7. The lowest BCUT2D eigenvalue weighted by Crippen LogP contribution is -2.34. The molecular formula is C26H36N6O6S. The number of sulfonamides is 1. The summed E-state index contributed by atoms with van der Waals surface area (Å²) in [6, 6.07) is 5.32. The van der Waals surface area contributed by atoms with E-state index < -0.39 is 21.4 Å². The molecular weight excluding hydrogens is 524 g/mol. The highest BCUT2D eigenvalue weighted by Gasteiger charge is 2.36. The summed E-state index contributed by atoms with van der Waals surface area (Å²) in [4.78, 5) is 8.67. The lowest BCUT2D eigenvalue weighted by atomic mass is 10.0. The fourth-order valence-corrected chi connectivity index (χ4v) is 5.59. The molecule has 1 fully saturated rings. The molecule has 1 aromatic carbocycles. The zero-order chi connectivity index (χ0) is 28.2. The van der Waals surface area contributed by atoms with Crippen LogP contribution in [0.5, 0.6) is 11.5 Å². The van der Waals surface area contributed by atoms with Crippen molar-refractivity contribution in [3.63, 3.8) is 0 Å². The van der Waals surface area contributed by atoms with Gasteiger partial charge in [-0.15, -0.1) is 10.2 Å². The van der Waals surface area contributed by atoms with E-state index in [0.717, 1.165) is 12.8 Å². The molecule has 4 rings (SSSR count). The van der Waals surface area contributed by atoms with Crippen molar-refractivity contribution in [3.05, 3.63) is 47.8 Å². The molecule has 0 radical (unpaired) electrons. The van der Waals surface area contributed by atoms with E-state index in [4.69, 9.17) is 18.9 Å². The van der Waals surface area contributed by atoms with Crippen molar-refractivity contribution in [2.24, 2.45) is 0 Å². The molecule has 1 saturated heterocycles.